The highest BCUT2D eigenvalue weighted by Crippen LogP contribution is 2.27. The molecule has 1 aliphatic rings. The lowest BCUT2D eigenvalue weighted by Crippen LogP contribution is -2.49. The first kappa shape index (κ1) is 19.5. The van der Waals surface area contributed by atoms with Gasteiger partial charge < -0.3 is 18.9 Å². The third-order valence-corrected chi connectivity index (χ3v) is 4.54. The molecule has 0 aliphatic carbocycles. The van der Waals surface area contributed by atoms with E-state index in [-0.39, 0.29) is 24.3 Å². The van der Waals surface area contributed by atoms with Gasteiger partial charge in [-0.15, -0.1) is 0 Å². The molecule has 0 N–H and O–H groups in total. The number of carbonyl (C=O) groups is 1. The Morgan fingerprint density at radius 3 is 1.96 bits per heavy atom. The van der Waals surface area contributed by atoms with Gasteiger partial charge in [0.1, 0.15) is 6.10 Å². The molecule has 0 saturated carbocycles. The van der Waals surface area contributed by atoms with Gasteiger partial charge in [-0.25, -0.2) is 0 Å². The van der Waals surface area contributed by atoms with Gasteiger partial charge in [0.15, 0.2) is 0 Å². The first-order valence-corrected chi connectivity index (χ1v) is 9.25. The molecule has 144 valence electrons. The zero-order valence-corrected chi connectivity index (χ0v) is 15.7. The Morgan fingerprint density at radius 1 is 0.926 bits per heavy atom. The lowest BCUT2D eigenvalue weighted by molar-refractivity contribution is -0.270. The molecule has 2 aromatic rings. The summed E-state index contributed by atoms with van der Waals surface area (Å²) in [5, 5.41) is 0. The van der Waals surface area contributed by atoms with Crippen LogP contribution in [0.1, 0.15) is 31.4 Å². The zero-order valence-electron chi connectivity index (χ0n) is 15.7. The molecule has 4 atom stereocenters. The highest BCUT2D eigenvalue weighted by molar-refractivity contribution is 5.66. The molecule has 3 rings (SSSR count). The van der Waals surface area contributed by atoms with Crippen LogP contribution in [0.25, 0.3) is 0 Å². The van der Waals surface area contributed by atoms with Gasteiger partial charge in [0, 0.05) is 13.3 Å². The predicted molar refractivity (Wildman–Crippen MR) is 101 cm³/mol. The van der Waals surface area contributed by atoms with Crippen LogP contribution in [-0.2, 0) is 37.0 Å². The van der Waals surface area contributed by atoms with E-state index in [0.717, 1.165) is 11.1 Å². The van der Waals surface area contributed by atoms with Gasteiger partial charge in [0.2, 0.25) is 6.29 Å². The minimum absolute atomic E-state index is 0.141. The predicted octanol–water partition coefficient (Wildman–Crippen LogP) is 3.86. The van der Waals surface area contributed by atoms with Crippen molar-refractivity contribution in [3.8, 4) is 0 Å². The zero-order chi connectivity index (χ0) is 19.1. The summed E-state index contributed by atoms with van der Waals surface area (Å²) in [6, 6.07) is 19.9. The molecule has 1 unspecified atom stereocenters. The van der Waals surface area contributed by atoms with Gasteiger partial charge in [-0.1, -0.05) is 60.7 Å². The Hall–Kier alpha value is -2.21. The number of hydrogen-bond donors (Lipinski definition) is 0. The normalized spacial score (nSPS) is 25.1. The Bertz CT molecular complexity index is 703. The molecule has 0 aromatic heterocycles. The molecule has 5 nitrogen and oxygen atoms in total. The minimum atomic E-state index is -0.724. The van der Waals surface area contributed by atoms with Crippen LogP contribution < -0.4 is 0 Å². The summed E-state index contributed by atoms with van der Waals surface area (Å²) in [4.78, 5) is 11.4. The number of ether oxygens (including phenoxy) is 4. The van der Waals surface area contributed by atoms with E-state index in [1.54, 1.807) is 0 Å². The number of carbonyl (C=O) groups excluding carboxylic acids is 1. The quantitative estimate of drug-likeness (QED) is 0.693. The van der Waals surface area contributed by atoms with E-state index in [1.165, 1.54) is 6.92 Å². The average molecular weight is 370 g/mol. The van der Waals surface area contributed by atoms with Crippen LogP contribution >= 0.6 is 0 Å². The van der Waals surface area contributed by atoms with Crippen molar-refractivity contribution >= 4 is 5.97 Å². The molecule has 0 spiro atoms. The maximum atomic E-state index is 11.4. The Balaban J connectivity index is 1.62. The van der Waals surface area contributed by atoms with E-state index in [9.17, 15) is 4.79 Å². The second-order valence-electron chi connectivity index (χ2n) is 6.72. The van der Waals surface area contributed by atoms with Crippen molar-refractivity contribution in [3.05, 3.63) is 71.8 Å². The minimum Gasteiger partial charge on any atom is -0.433 e. The number of esters is 1. The molecule has 27 heavy (non-hydrogen) atoms. The lowest BCUT2D eigenvalue weighted by Gasteiger charge is -2.39. The molecular formula is C22H26O5. The first-order chi connectivity index (χ1) is 13.1. The molecule has 5 heteroatoms. The number of rotatable bonds is 7. The molecular weight excluding hydrogens is 344 g/mol. The van der Waals surface area contributed by atoms with Crippen molar-refractivity contribution in [2.75, 3.05) is 0 Å². The van der Waals surface area contributed by atoms with Crippen LogP contribution in [0.4, 0.5) is 0 Å². The van der Waals surface area contributed by atoms with Crippen molar-refractivity contribution < 1.29 is 23.7 Å². The summed E-state index contributed by atoms with van der Waals surface area (Å²) < 4.78 is 23.3. The molecule has 1 fully saturated rings. The van der Waals surface area contributed by atoms with E-state index >= 15 is 0 Å². The van der Waals surface area contributed by atoms with Crippen molar-refractivity contribution in [3.63, 3.8) is 0 Å². The lowest BCUT2D eigenvalue weighted by atomic mass is 10.0. The standard InChI is InChI=1S/C22H26O5/c1-16-20(24-14-18-9-5-3-6-10-18)13-21(22(26-16)27-17(2)23)25-15-19-11-7-4-8-12-19/h3-12,16,20-22H,13-15H2,1-2H3/t16-,20-,21-,22?/m1/s1. The molecule has 2 aromatic carbocycles. The summed E-state index contributed by atoms with van der Waals surface area (Å²) in [6.45, 7) is 4.23. The Morgan fingerprint density at radius 2 is 1.44 bits per heavy atom. The van der Waals surface area contributed by atoms with Crippen molar-refractivity contribution in [1.82, 2.24) is 0 Å². The van der Waals surface area contributed by atoms with Crippen LogP contribution in [0.2, 0.25) is 0 Å². The molecule has 1 aliphatic heterocycles. The second-order valence-corrected chi connectivity index (χ2v) is 6.72. The van der Waals surface area contributed by atoms with E-state index in [1.807, 2.05) is 67.6 Å². The molecule has 1 heterocycles. The first-order valence-electron chi connectivity index (χ1n) is 9.25. The Kier molecular flexibility index (Phi) is 6.98. The fraction of sp³-hybridized carbons (Fsp3) is 0.409. The molecule has 0 radical (unpaired) electrons. The van der Waals surface area contributed by atoms with Crippen LogP contribution in [-0.4, -0.2) is 30.6 Å². The summed E-state index contributed by atoms with van der Waals surface area (Å²) in [7, 11) is 0. The smallest absolute Gasteiger partial charge is 0.305 e. The van der Waals surface area contributed by atoms with E-state index < -0.39 is 6.29 Å². The highest BCUT2D eigenvalue weighted by Gasteiger charge is 2.39. The van der Waals surface area contributed by atoms with E-state index in [4.69, 9.17) is 18.9 Å². The van der Waals surface area contributed by atoms with Crippen LogP contribution in [0.5, 0.6) is 0 Å². The van der Waals surface area contributed by atoms with Gasteiger partial charge in [-0.05, 0) is 18.1 Å². The molecule has 0 bridgehead atoms. The average Bonchev–Trinajstić information content (AvgIpc) is 2.67. The van der Waals surface area contributed by atoms with Gasteiger partial charge in [0.05, 0.1) is 25.4 Å². The third-order valence-electron chi connectivity index (χ3n) is 4.54. The van der Waals surface area contributed by atoms with E-state index in [2.05, 4.69) is 0 Å². The fourth-order valence-electron chi connectivity index (χ4n) is 3.09. The van der Waals surface area contributed by atoms with Crippen LogP contribution in [0, 0.1) is 0 Å². The summed E-state index contributed by atoms with van der Waals surface area (Å²) in [6.07, 6.45) is -0.852. The summed E-state index contributed by atoms with van der Waals surface area (Å²) >= 11 is 0. The largest absolute Gasteiger partial charge is 0.433 e. The van der Waals surface area contributed by atoms with Gasteiger partial charge in [-0.3, -0.25) is 4.79 Å². The maximum absolute atomic E-state index is 11.4. The van der Waals surface area contributed by atoms with E-state index in [0.29, 0.717) is 19.6 Å². The topological polar surface area (TPSA) is 54.0 Å². The SMILES string of the molecule is CC(=O)OC1O[C@H](C)[C@H](OCc2ccccc2)C[C@H]1OCc1ccccc1. The highest BCUT2D eigenvalue weighted by atomic mass is 16.7. The van der Waals surface area contributed by atoms with Crippen LogP contribution in [0.3, 0.4) is 0 Å². The van der Waals surface area contributed by atoms with Gasteiger partial charge in [0.25, 0.3) is 0 Å². The number of hydrogen-bond acceptors (Lipinski definition) is 5. The van der Waals surface area contributed by atoms with Crippen molar-refractivity contribution in [2.24, 2.45) is 0 Å². The second kappa shape index (κ2) is 9.65. The number of benzene rings is 2. The summed E-state index contributed by atoms with van der Waals surface area (Å²) in [5.74, 6) is -0.385. The van der Waals surface area contributed by atoms with Crippen molar-refractivity contribution in [2.45, 2.75) is 58.1 Å². The van der Waals surface area contributed by atoms with Gasteiger partial charge in [-0.2, -0.15) is 0 Å². The monoisotopic (exact) mass is 370 g/mol. The fourth-order valence-corrected chi connectivity index (χ4v) is 3.09. The molecule has 1 saturated heterocycles. The van der Waals surface area contributed by atoms with Gasteiger partial charge >= 0.3 is 5.97 Å². The molecule has 0 amide bonds. The Labute approximate surface area is 160 Å². The van der Waals surface area contributed by atoms with Crippen LogP contribution in [0.15, 0.2) is 60.7 Å². The van der Waals surface area contributed by atoms with Crippen molar-refractivity contribution in [1.29, 1.82) is 0 Å². The third kappa shape index (κ3) is 5.89. The summed E-state index contributed by atoms with van der Waals surface area (Å²) in [5.41, 5.74) is 2.16. The maximum Gasteiger partial charge on any atom is 0.305 e.